The molecule has 2 rings (SSSR count). The summed E-state index contributed by atoms with van der Waals surface area (Å²) in [5, 5.41) is 3.12. The number of hydrogen-bond acceptors (Lipinski definition) is 2. The number of nitrogens with one attached hydrogen (secondary N) is 1. The number of amides is 1. The molecule has 128 valence electrons. The molecule has 0 aliphatic rings. The number of thioether (sulfide) groups is 1. The molecule has 0 saturated carbocycles. The summed E-state index contributed by atoms with van der Waals surface area (Å²) in [6.07, 6.45) is 0. The van der Waals surface area contributed by atoms with Crippen molar-refractivity contribution in [1.29, 1.82) is 0 Å². The Bertz CT molecular complexity index is 724. The van der Waals surface area contributed by atoms with E-state index in [2.05, 4.69) is 76.3 Å². The Kier molecular flexibility index (Phi) is 6.50. The first-order valence-corrected chi connectivity index (χ1v) is 9.52. The third kappa shape index (κ3) is 5.13. The quantitative estimate of drug-likeness (QED) is 0.798. The van der Waals surface area contributed by atoms with E-state index in [4.69, 9.17) is 0 Å². The molecule has 0 unspecified atom stereocenters. The van der Waals surface area contributed by atoms with E-state index in [-0.39, 0.29) is 11.9 Å². The Morgan fingerprint density at radius 2 is 1.75 bits per heavy atom. The van der Waals surface area contributed by atoms with Crippen LogP contribution in [0.4, 0.5) is 0 Å². The molecular formula is C21H27NOS. The number of carbonyl (C=O) groups excluding carboxylic acids is 1. The van der Waals surface area contributed by atoms with Gasteiger partial charge in [0, 0.05) is 5.75 Å². The number of benzene rings is 2. The molecule has 0 spiro atoms. The Morgan fingerprint density at radius 1 is 1.04 bits per heavy atom. The molecule has 1 atom stereocenters. The third-order valence-electron chi connectivity index (χ3n) is 4.31. The highest BCUT2D eigenvalue weighted by molar-refractivity contribution is 7.99. The lowest BCUT2D eigenvalue weighted by Crippen LogP contribution is -2.28. The second-order valence-electron chi connectivity index (χ2n) is 6.56. The van der Waals surface area contributed by atoms with E-state index in [0.717, 1.165) is 5.75 Å². The maximum absolute atomic E-state index is 12.2. The summed E-state index contributed by atoms with van der Waals surface area (Å²) in [5.74, 6) is 1.45. The largest absolute Gasteiger partial charge is 0.349 e. The summed E-state index contributed by atoms with van der Waals surface area (Å²) in [4.78, 5) is 12.2. The first-order chi connectivity index (χ1) is 11.4. The zero-order chi connectivity index (χ0) is 17.7. The molecule has 0 aliphatic heterocycles. The van der Waals surface area contributed by atoms with Crippen molar-refractivity contribution in [1.82, 2.24) is 5.32 Å². The van der Waals surface area contributed by atoms with E-state index >= 15 is 0 Å². The van der Waals surface area contributed by atoms with Crippen LogP contribution in [0.3, 0.4) is 0 Å². The minimum absolute atomic E-state index is 0.0383. The summed E-state index contributed by atoms with van der Waals surface area (Å²) >= 11 is 1.66. The predicted molar refractivity (Wildman–Crippen MR) is 105 cm³/mol. The van der Waals surface area contributed by atoms with E-state index in [9.17, 15) is 4.79 Å². The standard InChI is InChI=1S/C21H27NOS/c1-14-7-6-8-19(9-14)12-24-13-21(23)22-18(5)20-11-16(3)15(2)10-17(20)4/h6-11,18H,12-13H2,1-5H3,(H,22,23)/t18-/m0/s1. The van der Waals surface area contributed by atoms with Gasteiger partial charge < -0.3 is 5.32 Å². The summed E-state index contributed by atoms with van der Waals surface area (Å²) in [6, 6.07) is 12.9. The van der Waals surface area contributed by atoms with Crippen molar-refractivity contribution < 1.29 is 4.79 Å². The van der Waals surface area contributed by atoms with Crippen molar-refractivity contribution in [3.8, 4) is 0 Å². The van der Waals surface area contributed by atoms with Gasteiger partial charge >= 0.3 is 0 Å². The van der Waals surface area contributed by atoms with Crippen LogP contribution in [0.15, 0.2) is 36.4 Å². The van der Waals surface area contributed by atoms with E-state index in [1.54, 1.807) is 11.8 Å². The molecule has 2 aromatic rings. The van der Waals surface area contributed by atoms with Crippen LogP contribution in [-0.4, -0.2) is 11.7 Å². The smallest absolute Gasteiger partial charge is 0.230 e. The fourth-order valence-electron chi connectivity index (χ4n) is 2.87. The second-order valence-corrected chi connectivity index (χ2v) is 7.55. The Labute approximate surface area is 150 Å². The van der Waals surface area contributed by atoms with Crippen molar-refractivity contribution in [2.24, 2.45) is 0 Å². The SMILES string of the molecule is Cc1cccc(CSCC(=O)N[C@@H](C)c2cc(C)c(C)cc2C)c1. The molecule has 1 N–H and O–H groups in total. The van der Waals surface area contributed by atoms with Gasteiger partial charge in [-0.2, -0.15) is 0 Å². The van der Waals surface area contributed by atoms with E-state index in [0.29, 0.717) is 5.75 Å². The summed E-state index contributed by atoms with van der Waals surface area (Å²) < 4.78 is 0. The monoisotopic (exact) mass is 341 g/mol. The number of hydrogen-bond donors (Lipinski definition) is 1. The van der Waals surface area contributed by atoms with Gasteiger partial charge in [-0.1, -0.05) is 42.0 Å². The van der Waals surface area contributed by atoms with Crippen LogP contribution in [0.2, 0.25) is 0 Å². The minimum Gasteiger partial charge on any atom is -0.349 e. The molecule has 24 heavy (non-hydrogen) atoms. The van der Waals surface area contributed by atoms with Crippen LogP contribution < -0.4 is 5.32 Å². The van der Waals surface area contributed by atoms with Gasteiger partial charge in [0.25, 0.3) is 0 Å². The second kappa shape index (κ2) is 8.39. The molecule has 2 aromatic carbocycles. The number of carbonyl (C=O) groups is 1. The third-order valence-corrected chi connectivity index (χ3v) is 5.31. The van der Waals surface area contributed by atoms with Crippen molar-refractivity contribution in [2.45, 2.75) is 46.4 Å². The first kappa shape index (κ1) is 18.6. The molecular weight excluding hydrogens is 314 g/mol. The van der Waals surface area contributed by atoms with Gasteiger partial charge in [0.15, 0.2) is 0 Å². The maximum atomic E-state index is 12.2. The zero-order valence-corrected chi connectivity index (χ0v) is 16.1. The molecule has 0 aromatic heterocycles. The normalized spacial score (nSPS) is 12.0. The van der Waals surface area contributed by atoms with Gasteiger partial charge in [0.05, 0.1) is 11.8 Å². The molecule has 0 bridgehead atoms. The van der Waals surface area contributed by atoms with Crippen molar-refractivity contribution >= 4 is 17.7 Å². The van der Waals surface area contributed by atoms with Crippen LogP contribution in [0, 0.1) is 27.7 Å². The van der Waals surface area contributed by atoms with Crippen LogP contribution in [0.1, 0.15) is 46.3 Å². The van der Waals surface area contributed by atoms with Crippen LogP contribution >= 0.6 is 11.8 Å². The van der Waals surface area contributed by atoms with Gasteiger partial charge in [0.2, 0.25) is 5.91 Å². The van der Waals surface area contributed by atoms with Gasteiger partial charge in [-0.3, -0.25) is 4.79 Å². The lowest BCUT2D eigenvalue weighted by Gasteiger charge is -2.18. The highest BCUT2D eigenvalue weighted by atomic mass is 32.2. The van der Waals surface area contributed by atoms with Gasteiger partial charge in [0.1, 0.15) is 0 Å². The van der Waals surface area contributed by atoms with Gasteiger partial charge in [-0.15, -0.1) is 11.8 Å². The van der Waals surface area contributed by atoms with Crippen molar-refractivity contribution in [2.75, 3.05) is 5.75 Å². The summed E-state index contributed by atoms with van der Waals surface area (Å²) in [6.45, 7) is 10.5. The van der Waals surface area contributed by atoms with E-state index in [1.165, 1.54) is 33.4 Å². The lowest BCUT2D eigenvalue weighted by atomic mass is 9.96. The summed E-state index contributed by atoms with van der Waals surface area (Å²) in [7, 11) is 0. The van der Waals surface area contributed by atoms with E-state index < -0.39 is 0 Å². The van der Waals surface area contributed by atoms with Gasteiger partial charge in [-0.25, -0.2) is 0 Å². The van der Waals surface area contributed by atoms with Crippen molar-refractivity contribution in [3.63, 3.8) is 0 Å². The fraction of sp³-hybridized carbons (Fsp3) is 0.381. The van der Waals surface area contributed by atoms with Crippen LogP contribution in [-0.2, 0) is 10.5 Å². The molecule has 0 heterocycles. The molecule has 0 saturated heterocycles. The zero-order valence-electron chi connectivity index (χ0n) is 15.3. The lowest BCUT2D eigenvalue weighted by molar-refractivity contribution is -0.119. The fourth-order valence-corrected chi connectivity index (χ4v) is 3.66. The molecule has 2 nitrogen and oxygen atoms in total. The maximum Gasteiger partial charge on any atom is 0.230 e. The van der Waals surface area contributed by atoms with E-state index in [1.807, 2.05) is 0 Å². The first-order valence-electron chi connectivity index (χ1n) is 8.37. The topological polar surface area (TPSA) is 29.1 Å². The molecule has 0 radical (unpaired) electrons. The van der Waals surface area contributed by atoms with Crippen LogP contribution in [0.25, 0.3) is 0 Å². The van der Waals surface area contributed by atoms with Crippen LogP contribution in [0.5, 0.6) is 0 Å². The van der Waals surface area contributed by atoms with Gasteiger partial charge in [-0.05, 0) is 62.4 Å². The average Bonchev–Trinajstić information content (AvgIpc) is 2.50. The Balaban J connectivity index is 1.87. The minimum atomic E-state index is 0.0383. The Morgan fingerprint density at radius 3 is 2.46 bits per heavy atom. The predicted octanol–water partition coefficient (Wildman–Crippen LogP) is 5.03. The summed E-state index contributed by atoms with van der Waals surface area (Å²) in [5.41, 5.74) is 7.53. The number of rotatable bonds is 6. The average molecular weight is 342 g/mol. The molecule has 1 amide bonds. The Hall–Kier alpha value is -1.74. The molecule has 0 aliphatic carbocycles. The highest BCUT2D eigenvalue weighted by Gasteiger charge is 2.13. The number of aryl methyl sites for hydroxylation is 4. The molecule has 0 fully saturated rings. The van der Waals surface area contributed by atoms with Crippen molar-refractivity contribution in [3.05, 3.63) is 69.8 Å². The molecule has 3 heteroatoms. The highest BCUT2D eigenvalue weighted by Crippen LogP contribution is 2.22.